The second-order valence-electron chi connectivity index (χ2n) is 5.16. The number of nitrogens with one attached hydrogen (secondary N) is 2. The van der Waals surface area contributed by atoms with Crippen LogP contribution in [0.4, 0.5) is 0 Å². The SMILES string of the molecule is Cc1ccc(S(=O)(=O)NC(C(=N)N)C2CC2)c(C)c1. The van der Waals surface area contributed by atoms with E-state index in [1.54, 1.807) is 19.1 Å². The number of sulfonamides is 1. The van der Waals surface area contributed by atoms with Gasteiger partial charge in [-0.25, -0.2) is 13.1 Å². The maximum atomic E-state index is 12.3. The standard InChI is InChI=1S/C13H19N3O2S/c1-8-3-6-11(9(2)7-8)19(17,18)16-12(13(14)15)10-4-5-10/h3,6-7,10,12,16H,4-5H2,1-2H3,(H3,14,15). The van der Waals surface area contributed by atoms with Gasteiger partial charge in [0.2, 0.25) is 10.0 Å². The van der Waals surface area contributed by atoms with Gasteiger partial charge in [0, 0.05) is 0 Å². The van der Waals surface area contributed by atoms with Crippen LogP contribution in [0, 0.1) is 25.2 Å². The molecule has 4 N–H and O–H groups in total. The van der Waals surface area contributed by atoms with E-state index in [9.17, 15) is 8.42 Å². The van der Waals surface area contributed by atoms with E-state index in [-0.39, 0.29) is 16.6 Å². The van der Waals surface area contributed by atoms with Crippen LogP contribution < -0.4 is 10.5 Å². The summed E-state index contributed by atoms with van der Waals surface area (Å²) in [5.74, 6) is 0.0499. The molecule has 1 saturated carbocycles. The predicted molar refractivity (Wildman–Crippen MR) is 74.7 cm³/mol. The van der Waals surface area contributed by atoms with Crippen LogP contribution in [0.15, 0.2) is 23.1 Å². The molecule has 0 aromatic heterocycles. The molecular formula is C13H19N3O2S. The van der Waals surface area contributed by atoms with Crippen LogP contribution >= 0.6 is 0 Å². The van der Waals surface area contributed by atoms with Crippen LogP contribution in [-0.2, 0) is 10.0 Å². The van der Waals surface area contributed by atoms with Gasteiger partial charge in [0.15, 0.2) is 0 Å². The largest absolute Gasteiger partial charge is 0.386 e. The molecule has 0 heterocycles. The Labute approximate surface area is 113 Å². The molecule has 1 unspecified atom stereocenters. The number of nitrogens with two attached hydrogens (primary N) is 1. The Morgan fingerprint density at radius 1 is 1.42 bits per heavy atom. The molecule has 0 amide bonds. The van der Waals surface area contributed by atoms with Gasteiger partial charge in [-0.1, -0.05) is 17.7 Å². The maximum absolute atomic E-state index is 12.3. The lowest BCUT2D eigenvalue weighted by molar-refractivity contribution is 0.562. The Kier molecular flexibility index (Phi) is 3.64. The molecule has 1 aliphatic carbocycles. The Balaban J connectivity index is 2.29. The summed E-state index contributed by atoms with van der Waals surface area (Å²) in [6.07, 6.45) is 1.83. The van der Waals surface area contributed by atoms with Crippen molar-refractivity contribution in [3.8, 4) is 0 Å². The summed E-state index contributed by atoms with van der Waals surface area (Å²) in [5.41, 5.74) is 7.20. The quantitative estimate of drug-likeness (QED) is 0.560. The second kappa shape index (κ2) is 4.94. The van der Waals surface area contributed by atoms with Crippen molar-refractivity contribution in [2.24, 2.45) is 11.7 Å². The van der Waals surface area contributed by atoms with Crippen molar-refractivity contribution >= 4 is 15.9 Å². The van der Waals surface area contributed by atoms with Crippen LogP contribution in [0.1, 0.15) is 24.0 Å². The first-order chi connectivity index (χ1) is 8.81. The molecular weight excluding hydrogens is 262 g/mol. The number of rotatable bonds is 5. The van der Waals surface area contributed by atoms with Crippen LogP contribution in [0.5, 0.6) is 0 Å². The summed E-state index contributed by atoms with van der Waals surface area (Å²) in [5, 5.41) is 7.50. The van der Waals surface area contributed by atoms with E-state index in [2.05, 4.69) is 4.72 Å². The molecule has 1 atom stereocenters. The van der Waals surface area contributed by atoms with Gasteiger partial charge in [-0.2, -0.15) is 0 Å². The van der Waals surface area contributed by atoms with Crippen LogP contribution in [0.3, 0.4) is 0 Å². The van der Waals surface area contributed by atoms with Gasteiger partial charge in [0.25, 0.3) is 0 Å². The lowest BCUT2D eigenvalue weighted by atomic mass is 10.2. The van der Waals surface area contributed by atoms with Gasteiger partial charge in [0.1, 0.15) is 5.84 Å². The highest BCUT2D eigenvalue weighted by Crippen LogP contribution is 2.33. The number of benzene rings is 1. The third kappa shape index (κ3) is 3.13. The first-order valence-electron chi connectivity index (χ1n) is 6.25. The molecule has 1 aromatic carbocycles. The predicted octanol–water partition coefficient (Wildman–Crippen LogP) is 1.30. The Morgan fingerprint density at radius 2 is 2.05 bits per heavy atom. The minimum Gasteiger partial charge on any atom is -0.386 e. The lowest BCUT2D eigenvalue weighted by Gasteiger charge is -2.17. The summed E-state index contributed by atoms with van der Waals surface area (Å²) < 4.78 is 27.3. The van der Waals surface area contributed by atoms with E-state index in [1.807, 2.05) is 13.0 Å². The normalized spacial score (nSPS) is 17.2. The van der Waals surface area contributed by atoms with Crippen molar-refractivity contribution < 1.29 is 8.42 Å². The van der Waals surface area contributed by atoms with Gasteiger partial charge in [-0.05, 0) is 44.2 Å². The highest BCUT2D eigenvalue weighted by atomic mass is 32.2. The van der Waals surface area contributed by atoms with Crippen LogP contribution in [0.25, 0.3) is 0 Å². The highest BCUT2D eigenvalue weighted by molar-refractivity contribution is 7.89. The molecule has 0 radical (unpaired) electrons. The zero-order chi connectivity index (χ0) is 14.2. The van der Waals surface area contributed by atoms with E-state index >= 15 is 0 Å². The van der Waals surface area contributed by atoms with Gasteiger partial charge in [0.05, 0.1) is 10.9 Å². The number of hydrogen-bond donors (Lipinski definition) is 3. The molecule has 1 aliphatic rings. The first-order valence-corrected chi connectivity index (χ1v) is 7.73. The highest BCUT2D eigenvalue weighted by Gasteiger charge is 2.36. The summed E-state index contributed by atoms with van der Waals surface area (Å²) in [7, 11) is -3.63. The van der Waals surface area contributed by atoms with Gasteiger partial charge >= 0.3 is 0 Å². The van der Waals surface area contributed by atoms with Crippen molar-refractivity contribution in [2.75, 3.05) is 0 Å². The van der Waals surface area contributed by atoms with E-state index in [0.717, 1.165) is 18.4 Å². The Morgan fingerprint density at radius 3 is 2.53 bits per heavy atom. The van der Waals surface area contributed by atoms with E-state index in [1.165, 1.54) is 0 Å². The third-order valence-electron chi connectivity index (χ3n) is 3.33. The number of amidine groups is 1. The zero-order valence-electron chi connectivity index (χ0n) is 11.1. The van der Waals surface area contributed by atoms with Crippen LogP contribution in [-0.4, -0.2) is 20.3 Å². The Bertz CT molecular complexity index is 606. The van der Waals surface area contributed by atoms with Crippen molar-refractivity contribution in [3.63, 3.8) is 0 Å². The fraction of sp³-hybridized carbons (Fsp3) is 0.462. The molecule has 1 fully saturated rings. The molecule has 0 saturated heterocycles. The van der Waals surface area contributed by atoms with E-state index in [4.69, 9.17) is 11.1 Å². The monoisotopic (exact) mass is 281 g/mol. The molecule has 0 bridgehead atoms. The minimum atomic E-state index is -3.63. The summed E-state index contributed by atoms with van der Waals surface area (Å²) in [6, 6.07) is 4.61. The summed E-state index contributed by atoms with van der Waals surface area (Å²) >= 11 is 0. The summed E-state index contributed by atoms with van der Waals surface area (Å²) in [6.45, 7) is 3.68. The first kappa shape index (κ1) is 14.0. The number of hydrogen-bond acceptors (Lipinski definition) is 3. The van der Waals surface area contributed by atoms with Crippen molar-refractivity contribution in [3.05, 3.63) is 29.3 Å². The molecule has 0 spiro atoms. The second-order valence-corrected chi connectivity index (χ2v) is 6.84. The molecule has 6 heteroatoms. The van der Waals surface area contributed by atoms with Gasteiger partial charge < -0.3 is 5.73 Å². The molecule has 1 aromatic rings. The lowest BCUT2D eigenvalue weighted by Crippen LogP contribution is -2.45. The average molecular weight is 281 g/mol. The van der Waals surface area contributed by atoms with E-state index < -0.39 is 16.1 Å². The van der Waals surface area contributed by atoms with E-state index in [0.29, 0.717) is 5.56 Å². The molecule has 0 aliphatic heterocycles. The topological polar surface area (TPSA) is 96.0 Å². The van der Waals surface area contributed by atoms with Gasteiger partial charge in [-0.3, -0.25) is 5.41 Å². The molecule has 5 nitrogen and oxygen atoms in total. The zero-order valence-corrected chi connectivity index (χ0v) is 11.9. The third-order valence-corrected chi connectivity index (χ3v) is 4.93. The van der Waals surface area contributed by atoms with Crippen LogP contribution in [0.2, 0.25) is 0 Å². The summed E-state index contributed by atoms with van der Waals surface area (Å²) in [4.78, 5) is 0.255. The average Bonchev–Trinajstić information content (AvgIpc) is 3.08. The van der Waals surface area contributed by atoms with Crippen molar-refractivity contribution in [2.45, 2.75) is 37.6 Å². The van der Waals surface area contributed by atoms with Gasteiger partial charge in [-0.15, -0.1) is 0 Å². The fourth-order valence-electron chi connectivity index (χ4n) is 2.17. The van der Waals surface area contributed by atoms with Crippen molar-refractivity contribution in [1.82, 2.24) is 4.72 Å². The van der Waals surface area contributed by atoms with Crippen molar-refractivity contribution in [1.29, 1.82) is 5.41 Å². The molecule has 19 heavy (non-hydrogen) atoms. The number of aryl methyl sites for hydroxylation is 2. The fourth-order valence-corrected chi connectivity index (χ4v) is 3.69. The smallest absolute Gasteiger partial charge is 0.241 e. The minimum absolute atomic E-state index is 0.115. The Hall–Kier alpha value is -1.40. The molecule has 2 rings (SSSR count). The maximum Gasteiger partial charge on any atom is 0.241 e. The molecule has 104 valence electrons.